The summed E-state index contributed by atoms with van der Waals surface area (Å²) in [7, 11) is 0. The van der Waals surface area contributed by atoms with E-state index < -0.39 is 5.82 Å². The fraction of sp³-hybridized carbons (Fsp3) is 0.0667. The van der Waals surface area contributed by atoms with Gasteiger partial charge < -0.3 is 21.9 Å². The third kappa shape index (κ3) is 3.32. The first kappa shape index (κ1) is 15.3. The first-order valence-electron chi connectivity index (χ1n) is 6.35. The Labute approximate surface area is 126 Å². The van der Waals surface area contributed by atoms with E-state index >= 15 is 0 Å². The molecular weight excluding hydrogens is 283 g/mol. The van der Waals surface area contributed by atoms with Crippen molar-refractivity contribution in [2.75, 3.05) is 5.73 Å². The van der Waals surface area contributed by atoms with E-state index in [1.165, 1.54) is 37.3 Å². The molecule has 112 valence electrons. The van der Waals surface area contributed by atoms with Crippen molar-refractivity contribution < 1.29 is 4.39 Å². The van der Waals surface area contributed by atoms with Crippen molar-refractivity contribution in [3.63, 3.8) is 0 Å². The summed E-state index contributed by atoms with van der Waals surface area (Å²) in [4.78, 5) is 7.84. The lowest BCUT2D eigenvalue weighted by molar-refractivity contribution is 0.627. The zero-order valence-electron chi connectivity index (χ0n) is 11.8. The Balaban J connectivity index is 2.47. The summed E-state index contributed by atoms with van der Waals surface area (Å²) >= 11 is 0. The van der Waals surface area contributed by atoms with E-state index in [1.807, 2.05) is 0 Å². The lowest BCUT2D eigenvalue weighted by atomic mass is 10.1. The number of anilines is 1. The largest absolute Gasteiger partial charge is 0.480 e. The molecule has 7 heteroatoms. The van der Waals surface area contributed by atoms with Gasteiger partial charge in [0.05, 0.1) is 17.1 Å². The highest BCUT2D eigenvalue weighted by atomic mass is 19.1. The minimum atomic E-state index is -0.459. The van der Waals surface area contributed by atoms with Crippen LogP contribution >= 0.6 is 0 Å². The molecule has 6 nitrogen and oxygen atoms in total. The molecule has 2 aromatic rings. The van der Waals surface area contributed by atoms with Gasteiger partial charge in [0.25, 0.3) is 0 Å². The van der Waals surface area contributed by atoms with Crippen LogP contribution in [-0.2, 0) is 0 Å². The van der Waals surface area contributed by atoms with Crippen LogP contribution < -0.4 is 5.73 Å². The van der Waals surface area contributed by atoms with E-state index in [1.54, 1.807) is 6.07 Å². The van der Waals surface area contributed by atoms with Crippen molar-refractivity contribution in [1.29, 1.82) is 10.8 Å². The molecular formula is C15H14FN6-. The van der Waals surface area contributed by atoms with Gasteiger partial charge in [-0.05, 0) is 37.0 Å². The number of hydrogen-bond acceptors (Lipinski definition) is 4. The number of benzene rings is 1. The van der Waals surface area contributed by atoms with Crippen LogP contribution in [0.4, 0.5) is 10.1 Å². The molecule has 1 heterocycles. The second kappa shape index (κ2) is 6.13. The van der Waals surface area contributed by atoms with Crippen molar-refractivity contribution in [2.45, 2.75) is 6.92 Å². The number of aromatic nitrogens is 1. The Morgan fingerprint density at radius 2 is 2.00 bits per heavy atom. The van der Waals surface area contributed by atoms with Gasteiger partial charge in [-0.3, -0.25) is 5.41 Å². The predicted octanol–water partition coefficient (Wildman–Crippen LogP) is 3.02. The molecule has 0 bridgehead atoms. The maximum absolute atomic E-state index is 13.3. The minimum Gasteiger partial charge on any atom is -0.480 e. The Morgan fingerprint density at radius 1 is 1.27 bits per heavy atom. The fourth-order valence-electron chi connectivity index (χ4n) is 1.81. The van der Waals surface area contributed by atoms with Crippen LogP contribution in [0.2, 0.25) is 0 Å². The number of nitrogen functional groups attached to an aromatic ring is 1. The lowest BCUT2D eigenvalue weighted by Gasteiger charge is -2.13. The van der Waals surface area contributed by atoms with Gasteiger partial charge >= 0.3 is 0 Å². The van der Waals surface area contributed by atoms with Crippen LogP contribution in [0, 0.1) is 16.6 Å². The van der Waals surface area contributed by atoms with Crippen molar-refractivity contribution in [1.82, 2.24) is 4.98 Å². The third-order valence-electron chi connectivity index (χ3n) is 2.80. The van der Waals surface area contributed by atoms with Crippen molar-refractivity contribution >= 4 is 23.1 Å². The predicted molar refractivity (Wildman–Crippen MR) is 85.2 cm³/mol. The van der Waals surface area contributed by atoms with Gasteiger partial charge in [0.1, 0.15) is 11.5 Å². The van der Waals surface area contributed by atoms with E-state index in [9.17, 15) is 4.39 Å². The number of halogens is 1. The molecule has 2 rings (SSSR count). The molecule has 1 aromatic carbocycles. The topological polar surface area (TPSA) is 123 Å². The summed E-state index contributed by atoms with van der Waals surface area (Å²) in [5.41, 5.74) is 14.5. The number of rotatable bonds is 3. The van der Waals surface area contributed by atoms with Crippen molar-refractivity contribution in [3.8, 4) is 0 Å². The molecule has 0 spiro atoms. The molecule has 22 heavy (non-hydrogen) atoms. The van der Waals surface area contributed by atoms with Crippen LogP contribution in [0.25, 0.3) is 5.73 Å². The number of nitrogens with zero attached hydrogens (tertiary/aromatic N) is 2. The van der Waals surface area contributed by atoms with Crippen LogP contribution in [0.5, 0.6) is 0 Å². The van der Waals surface area contributed by atoms with Crippen LogP contribution in [-0.4, -0.2) is 22.4 Å². The molecule has 0 aliphatic rings. The first-order valence-corrected chi connectivity index (χ1v) is 6.35. The molecule has 0 saturated heterocycles. The Bertz CT molecular complexity index is 781. The van der Waals surface area contributed by atoms with E-state index in [4.69, 9.17) is 22.3 Å². The Kier molecular flexibility index (Phi) is 4.26. The van der Waals surface area contributed by atoms with Gasteiger partial charge in [0.2, 0.25) is 0 Å². The quantitative estimate of drug-likeness (QED) is 0.595. The number of nitrogens with one attached hydrogen (secondary N) is 3. The van der Waals surface area contributed by atoms with E-state index in [-0.39, 0.29) is 34.5 Å². The standard InChI is InChI=1S/C15H14FN6/c1-8(17)21-15(20)12-6-5-11(18)14(22-12)13(19)9-3-2-4-10(16)7-9/h2-7,19H,18H2,1H3,(H2-,17,20,21)/q-1. The first-order chi connectivity index (χ1) is 10.4. The number of amidine groups is 2. The van der Waals surface area contributed by atoms with Gasteiger partial charge in [0, 0.05) is 11.4 Å². The fourth-order valence-corrected chi connectivity index (χ4v) is 1.81. The summed E-state index contributed by atoms with van der Waals surface area (Å²) in [6.45, 7) is 1.45. The summed E-state index contributed by atoms with van der Waals surface area (Å²) < 4.78 is 13.3. The highest BCUT2D eigenvalue weighted by molar-refractivity contribution is 6.14. The SMILES string of the molecule is CC(=N)N=C([NH-])c1ccc(N)c(C(=N)c2cccc(F)c2)n1. The molecule has 0 atom stereocenters. The summed E-state index contributed by atoms with van der Waals surface area (Å²) in [5.74, 6) is -0.676. The third-order valence-corrected chi connectivity index (χ3v) is 2.80. The summed E-state index contributed by atoms with van der Waals surface area (Å²) in [5, 5.41) is 15.4. The number of pyridine rings is 1. The molecule has 0 amide bonds. The molecule has 5 N–H and O–H groups in total. The lowest BCUT2D eigenvalue weighted by Crippen LogP contribution is -2.12. The van der Waals surface area contributed by atoms with Crippen molar-refractivity contribution in [3.05, 3.63) is 64.9 Å². The Hall–Kier alpha value is -3.09. The summed E-state index contributed by atoms with van der Waals surface area (Å²) in [6.07, 6.45) is 0. The van der Waals surface area contributed by atoms with Crippen LogP contribution in [0.15, 0.2) is 41.4 Å². The highest BCUT2D eigenvalue weighted by Gasteiger charge is 2.12. The molecule has 0 saturated carbocycles. The van der Waals surface area contributed by atoms with Crippen LogP contribution in [0.3, 0.4) is 0 Å². The average molecular weight is 297 g/mol. The molecule has 0 radical (unpaired) electrons. The Morgan fingerprint density at radius 3 is 2.64 bits per heavy atom. The van der Waals surface area contributed by atoms with E-state index in [0.717, 1.165) is 0 Å². The second-order valence-electron chi connectivity index (χ2n) is 4.57. The second-order valence-corrected chi connectivity index (χ2v) is 4.57. The molecule has 0 fully saturated rings. The normalized spacial score (nSPS) is 11.3. The maximum atomic E-state index is 13.3. The number of hydrogen-bond donors (Lipinski definition) is 3. The van der Waals surface area contributed by atoms with Crippen molar-refractivity contribution in [2.24, 2.45) is 4.99 Å². The van der Waals surface area contributed by atoms with E-state index in [2.05, 4.69) is 9.98 Å². The molecule has 0 aliphatic carbocycles. The highest BCUT2D eigenvalue weighted by Crippen LogP contribution is 2.16. The minimum absolute atomic E-state index is 0.0228. The van der Waals surface area contributed by atoms with Gasteiger partial charge in [-0.25, -0.2) is 9.37 Å². The molecule has 1 aromatic heterocycles. The maximum Gasteiger partial charge on any atom is 0.123 e. The smallest absolute Gasteiger partial charge is 0.123 e. The van der Waals surface area contributed by atoms with Gasteiger partial charge in [-0.15, -0.1) is 0 Å². The number of nitrogens with two attached hydrogens (primary N) is 1. The van der Waals surface area contributed by atoms with Crippen LogP contribution in [0.1, 0.15) is 23.9 Å². The molecule has 0 unspecified atom stereocenters. The zero-order valence-corrected chi connectivity index (χ0v) is 11.8. The average Bonchev–Trinajstić information content (AvgIpc) is 2.46. The van der Waals surface area contributed by atoms with Gasteiger partial charge in [-0.1, -0.05) is 12.1 Å². The number of aliphatic imine (C=N–C) groups is 1. The molecule has 0 aliphatic heterocycles. The summed E-state index contributed by atoms with van der Waals surface area (Å²) in [6, 6.07) is 8.58. The van der Waals surface area contributed by atoms with Gasteiger partial charge in [-0.2, -0.15) is 0 Å². The van der Waals surface area contributed by atoms with E-state index in [0.29, 0.717) is 5.56 Å². The zero-order chi connectivity index (χ0) is 16.3. The van der Waals surface area contributed by atoms with Gasteiger partial charge in [0.15, 0.2) is 0 Å². The monoisotopic (exact) mass is 297 g/mol.